The maximum Gasteiger partial charge on any atom is 0.255 e. The lowest BCUT2D eigenvalue weighted by Gasteiger charge is -2.23. The van der Waals surface area contributed by atoms with Crippen LogP contribution in [-0.4, -0.2) is 31.6 Å². The fourth-order valence-corrected chi connectivity index (χ4v) is 2.65. The molecule has 0 fully saturated rings. The van der Waals surface area contributed by atoms with E-state index in [-0.39, 0.29) is 17.7 Å². The van der Waals surface area contributed by atoms with Crippen LogP contribution in [0.3, 0.4) is 0 Å². The van der Waals surface area contributed by atoms with E-state index in [1.54, 1.807) is 36.4 Å². The van der Waals surface area contributed by atoms with Gasteiger partial charge in [-0.1, -0.05) is 38.1 Å². The van der Waals surface area contributed by atoms with E-state index in [2.05, 4.69) is 10.6 Å². The third kappa shape index (κ3) is 5.23. The fourth-order valence-electron chi connectivity index (χ4n) is 2.65. The number of anilines is 1. The predicted octanol–water partition coefficient (Wildman–Crippen LogP) is 3.49. The Morgan fingerprint density at radius 3 is 2.26 bits per heavy atom. The van der Waals surface area contributed by atoms with Crippen LogP contribution in [0.4, 0.5) is 5.69 Å². The minimum absolute atomic E-state index is 0.108. The fraction of sp³-hybridized carbons (Fsp3) is 0.333. The number of nitrogens with one attached hydrogen (secondary N) is 2. The topological polar surface area (TPSA) is 76.7 Å². The molecule has 0 saturated carbocycles. The Labute approximate surface area is 159 Å². The number of amides is 2. The average molecular weight is 370 g/mol. The van der Waals surface area contributed by atoms with Gasteiger partial charge in [-0.25, -0.2) is 0 Å². The normalized spacial score (nSPS) is 11.6. The van der Waals surface area contributed by atoms with Crippen molar-refractivity contribution in [3.8, 4) is 11.5 Å². The van der Waals surface area contributed by atoms with Crippen molar-refractivity contribution in [3.05, 3.63) is 54.1 Å². The number of ether oxygens (including phenoxy) is 2. The molecule has 2 aromatic carbocycles. The maximum absolute atomic E-state index is 12.8. The Kier molecular flexibility index (Phi) is 7.23. The Morgan fingerprint density at radius 2 is 1.63 bits per heavy atom. The van der Waals surface area contributed by atoms with Gasteiger partial charge >= 0.3 is 0 Å². The van der Waals surface area contributed by atoms with E-state index < -0.39 is 6.04 Å². The molecule has 144 valence electrons. The van der Waals surface area contributed by atoms with Crippen LogP contribution in [0.2, 0.25) is 0 Å². The van der Waals surface area contributed by atoms with Crippen LogP contribution in [0.1, 0.15) is 31.1 Å². The van der Waals surface area contributed by atoms with Crippen LogP contribution in [0.5, 0.6) is 11.5 Å². The third-order valence-electron chi connectivity index (χ3n) is 4.03. The van der Waals surface area contributed by atoms with Gasteiger partial charge in [0.05, 0.1) is 25.0 Å². The molecule has 2 aromatic rings. The maximum atomic E-state index is 12.8. The van der Waals surface area contributed by atoms with Gasteiger partial charge in [-0.15, -0.1) is 0 Å². The number of hydrogen-bond donors (Lipinski definition) is 2. The first-order valence-electron chi connectivity index (χ1n) is 8.94. The number of carbonyl (C=O) groups is 2. The number of benzene rings is 2. The van der Waals surface area contributed by atoms with Crippen molar-refractivity contribution in [1.82, 2.24) is 5.32 Å². The van der Waals surface area contributed by atoms with Crippen molar-refractivity contribution < 1.29 is 19.1 Å². The van der Waals surface area contributed by atoms with Gasteiger partial charge in [0.15, 0.2) is 0 Å². The van der Waals surface area contributed by atoms with E-state index in [9.17, 15) is 9.59 Å². The number of methoxy groups -OCH3 is 1. The number of rotatable bonds is 8. The lowest BCUT2D eigenvalue weighted by Crippen LogP contribution is -2.47. The molecule has 2 amide bonds. The Morgan fingerprint density at radius 1 is 1.00 bits per heavy atom. The molecular weight excluding hydrogens is 344 g/mol. The van der Waals surface area contributed by atoms with Gasteiger partial charge in [0, 0.05) is 0 Å². The lowest BCUT2D eigenvalue weighted by atomic mass is 10.0. The van der Waals surface area contributed by atoms with E-state index in [1.165, 1.54) is 7.11 Å². The van der Waals surface area contributed by atoms with Crippen molar-refractivity contribution in [3.63, 3.8) is 0 Å². The molecule has 0 aromatic heterocycles. The standard InChI is InChI=1S/C21H26N2O4/c1-5-27-18-13-9-7-11-16(18)22-21(25)19(14(2)3)23-20(24)15-10-6-8-12-17(15)26-4/h6-14,19H,5H2,1-4H3,(H,22,25)(H,23,24). The van der Waals surface area contributed by atoms with Crippen molar-refractivity contribution >= 4 is 17.5 Å². The van der Waals surface area contributed by atoms with Gasteiger partial charge in [0.25, 0.3) is 5.91 Å². The van der Waals surface area contributed by atoms with E-state index >= 15 is 0 Å². The first-order chi connectivity index (χ1) is 13.0. The lowest BCUT2D eigenvalue weighted by molar-refractivity contribution is -0.118. The smallest absolute Gasteiger partial charge is 0.255 e. The van der Waals surface area contributed by atoms with Gasteiger partial charge in [0.1, 0.15) is 17.5 Å². The zero-order valence-corrected chi connectivity index (χ0v) is 16.1. The molecule has 0 radical (unpaired) electrons. The van der Waals surface area contributed by atoms with Crippen LogP contribution < -0.4 is 20.1 Å². The second kappa shape index (κ2) is 9.62. The molecule has 2 rings (SSSR count). The first-order valence-corrected chi connectivity index (χ1v) is 8.94. The summed E-state index contributed by atoms with van der Waals surface area (Å²) in [5.74, 6) is 0.272. The molecule has 1 atom stereocenters. The summed E-state index contributed by atoms with van der Waals surface area (Å²) in [6.07, 6.45) is 0. The number of para-hydroxylation sites is 3. The molecular formula is C21H26N2O4. The van der Waals surface area contributed by atoms with Crippen LogP contribution >= 0.6 is 0 Å². The second-order valence-electron chi connectivity index (χ2n) is 6.31. The van der Waals surface area contributed by atoms with E-state index in [0.717, 1.165) is 0 Å². The van der Waals surface area contributed by atoms with Gasteiger partial charge in [0.2, 0.25) is 5.91 Å². The quantitative estimate of drug-likeness (QED) is 0.746. The Balaban J connectivity index is 2.17. The van der Waals surface area contributed by atoms with Crippen molar-refractivity contribution in [2.24, 2.45) is 5.92 Å². The summed E-state index contributed by atoms with van der Waals surface area (Å²) in [6, 6.07) is 13.4. The molecule has 0 aliphatic rings. The molecule has 0 aliphatic heterocycles. The van der Waals surface area contributed by atoms with E-state index in [4.69, 9.17) is 9.47 Å². The molecule has 1 unspecified atom stereocenters. The minimum atomic E-state index is -0.711. The molecule has 2 N–H and O–H groups in total. The largest absolute Gasteiger partial charge is 0.496 e. The molecule has 0 aliphatic carbocycles. The number of carbonyl (C=O) groups excluding carboxylic acids is 2. The summed E-state index contributed by atoms with van der Waals surface area (Å²) in [4.78, 5) is 25.5. The molecule has 27 heavy (non-hydrogen) atoms. The molecule has 6 heteroatoms. The molecule has 6 nitrogen and oxygen atoms in total. The third-order valence-corrected chi connectivity index (χ3v) is 4.03. The zero-order chi connectivity index (χ0) is 19.8. The van der Waals surface area contributed by atoms with Crippen LogP contribution in [0.15, 0.2) is 48.5 Å². The van der Waals surface area contributed by atoms with Crippen LogP contribution in [-0.2, 0) is 4.79 Å². The highest BCUT2D eigenvalue weighted by Crippen LogP contribution is 2.24. The Hall–Kier alpha value is -3.02. The van der Waals surface area contributed by atoms with Crippen LogP contribution in [0.25, 0.3) is 0 Å². The summed E-state index contributed by atoms with van der Waals surface area (Å²) >= 11 is 0. The molecule has 0 heterocycles. The van der Waals surface area contributed by atoms with Gasteiger partial charge < -0.3 is 20.1 Å². The first kappa shape index (κ1) is 20.3. The van der Waals surface area contributed by atoms with Gasteiger partial charge in [-0.05, 0) is 37.1 Å². The zero-order valence-electron chi connectivity index (χ0n) is 16.1. The van der Waals surface area contributed by atoms with Crippen LogP contribution in [0, 0.1) is 5.92 Å². The summed E-state index contributed by atoms with van der Waals surface area (Å²) in [7, 11) is 1.50. The highest BCUT2D eigenvalue weighted by molar-refractivity contribution is 6.03. The highest BCUT2D eigenvalue weighted by Gasteiger charge is 2.26. The summed E-state index contributed by atoms with van der Waals surface area (Å²) < 4.78 is 10.8. The van der Waals surface area contributed by atoms with Crippen molar-refractivity contribution in [2.75, 3.05) is 19.0 Å². The SMILES string of the molecule is CCOc1ccccc1NC(=O)C(NC(=O)c1ccccc1OC)C(C)C. The van der Waals surface area contributed by atoms with Crippen molar-refractivity contribution in [2.45, 2.75) is 26.8 Å². The molecule has 0 saturated heterocycles. The molecule has 0 spiro atoms. The van der Waals surface area contributed by atoms with Gasteiger partial charge in [-0.3, -0.25) is 9.59 Å². The van der Waals surface area contributed by atoms with E-state index in [0.29, 0.717) is 29.4 Å². The summed E-state index contributed by atoms with van der Waals surface area (Å²) in [6.45, 7) is 6.12. The number of hydrogen-bond acceptors (Lipinski definition) is 4. The van der Waals surface area contributed by atoms with Crippen molar-refractivity contribution in [1.29, 1.82) is 0 Å². The summed E-state index contributed by atoms with van der Waals surface area (Å²) in [5, 5.41) is 5.66. The second-order valence-corrected chi connectivity index (χ2v) is 6.31. The van der Waals surface area contributed by atoms with Gasteiger partial charge in [-0.2, -0.15) is 0 Å². The molecule has 0 bridgehead atoms. The Bertz CT molecular complexity index is 789. The predicted molar refractivity (Wildman–Crippen MR) is 105 cm³/mol. The highest BCUT2D eigenvalue weighted by atomic mass is 16.5. The summed E-state index contributed by atoms with van der Waals surface area (Å²) in [5.41, 5.74) is 0.953. The minimum Gasteiger partial charge on any atom is -0.496 e. The average Bonchev–Trinajstić information content (AvgIpc) is 2.67. The van der Waals surface area contributed by atoms with E-state index in [1.807, 2.05) is 32.9 Å². The monoisotopic (exact) mass is 370 g/mol.